The van der Waals surface area contributed by atoms with Gasteiger partial charge in [-0.3, -0.25) is 19.7 Å². The van der Waals surface area contributed by atoms with Crippen molar-refractivity contribution >= 4 is 46.4 Å². The van der Waals surface area contributed by atoms with Gasteiger partial charge in [-0.2, -0.15) is 0 Å². The quantitative estimate of drug-likeness (QED) is 0.172. The SMILES string of the molecule is Cc1ccc(C)c(N2C(=O)C(Cl)=C(Nc3ccc(C(=O)Oc4ccc([N+](=O)[O-])cc4)cc3)C2=O)c1. The number of nitrogens with zero attached hydrogens (tertiary/aromatic N) is 2. The van der Waals surface area contributed by atoms with Crippen molar-refractivity contribution in [1.82, 2.24) is 0 Å². The standard InChI is InChI=1S/C25H18ClN3O6/c1-14-3-4-15(2)20(13-14)28-23(30)21(26)22(24(28)31)27-17-7-5-16(6-8-17)25(32)35-19-11-9-18(10-12-19)29(33)34/h3-13,27H,1-2H3. The van der Waals surface area contributed by atoms with E-state index in [2.05, 4.69) is 5.32 Å². The van der Waals surface area contributed by atoms with Crippen LogP contribution in [0.15, 0.2) is 77.5 Å². The number of nitrogens with one attached hydrogen (secondary N) is 1. The molecule has 1 aliphatic rings. The maximum absolute atomic E-state index is 13.0. The van der Waals surface area contributed by atoms with E-state index in [4.69, 9.17) is 16.3 Å². The summed E-state index contributed by atoms with van der Waals surface area (Å²) in [7, 11) is 0. The number of aryl methyl sites for hydroxylation is 2. The number of non-ortho nitro benzene ring substituents is 1. The molecule has 0 saturated carbocycles. The summed E-state index contributed by atoms with van der Waals surface area (Å²) in [4.78, 5) is 49.3. The van der Waals surface area contributed by atoms with Gasteiger partial charge < -0.3 is 10.1 Å². The molecule has 2 amide bonds. The van der Waals surface area contributed by atoms with Crippen molar-refractivity contribution in [2.45, 2.75) is 13.8 Å². The number of rotatable bonds is 6. The average Bonchev–Trinajstić information content (AvgIpc) is 3.04. The monoisotopic (exact) mass is 491 g/mol. The van der Waals surface area contributed by atoms with Gasteiger partial charge in [0.1, 0.15) is 16.5 Å². The van der Waals surface area contributed by atoms with Gasteiger partial charge in [0.05, 0.1) is 16.2 Å². The van der Waals surface area contributed by atoms with Crippen LogP contribution in [0.3, 0.4) is 0 Å². The molecule has 3 aromatic carbocycles. The van der Waals surface area contributed by atoms with Crippen LogP contribution in [0.5, 0.6) is 5.75 Å². The molecule has 1 N–H and O–H groups in total. The number of amides is 2. The zero-order chi connectivity index (χ0) is 25.3. The summed E-state index contributed by atoms with van der Waals surface area (Å²) in [5.41, 5.74) is 2.54. The van der Waals surface area contributed by atoms with Gasteiger partial charge in [-0.25, -0.2) is 9.69 Å². The summed E-state index contributed by atoms with van der Waals surface area (Å²) in [6, 6.07) is 16.5. The fourth-order valence-corrected chi connectivity index (χ4v) is 3.64. The van der Waals surface area contributed by atoms with Gasteiger partial charge in [0.2, 0.25) is 0 Å². The lowest BCUT2D eigenvalue weighted by molar-refractivity contribution is -0.384. The van der Waals surface area contributed by atoms with Crippen LogP contribution in [0.25, 0.3) is 0 Å². The molecule has 0 radical (unpaired) electrons. The fourth-order valence-electron chi connectivity index (χ4n) is 3.43. The highest BCUT2D eigenvalue weighted by atomic mass is 35.5. The minimum absolute atomic E-state index is 0.0706. The van der Waals surface area contributed by atoms with Crippen LogP contribution in [0.4, 0.5) is 17.1 Å². The Morgan fingerprint density at radius 2 is 1.63 bits per heavy atom. The molecule has 0 bridgehead atoms. The molecule has 3 aromatic rings. The average molecular weight is 492 g/mol. The van der Waals surface area contributed by atoms with Crippen molar-refractivity contribution in [2.75, 3.05) is 10.2 Å². The summed E-state index contributed by atoms with van der Waals surface area (Å²) in [6.45, 7) is 3.65. The predicted molar refractivity (Wildman–Crippen MR) is 129 cm³/mol. The molecule has 9 nitrogen and oxygen atoms in total. The summed E-state index contributed by atoms with van der Waals surface area (Å²) < 4.78 is 5.22. The first kappa shape index (κ1) is 23.7. The Labute approximate surface area is 204 Å². The molecule has 1 heterocycles. The Morgan fingerprint density at radius 1 is 0.971 bits per heavy atom. The van der Waals surface area contributed by atoms with Crippen molar-refractivity contribution < 1.29 is 24.0 Å². The Hall–Kier alpha value is -4.50. The van der Waals surface area contributed by atoms with E-state index in [-0.39, 0.29) is 27.7 Å². The van der Waals surface area contributed by atoms with E-state index in [1.165, 1.54) is 48.5 Å². The van der Waals surface area contributed by atoms with Crippen molar-refractivity contribution in [2.24, 2.45) is 0 Å². The van der Waals surface area contributed by atoms with Crippen LogP contribution in [0.2, 0.25) is 0 Å². The molecule has 176 valence electrons. The van der Waals surface area contributed by atoms with Crippen LogP contribution >= 0.6 is 11.6 Å². The lowest BCUT2D eigenvalue weighted by Crippen LogP contribution is -2.32. The number of anilines is 2. The number of benzene rings is 3. The minimum atomic E-state index is -0.670. The molecular formula is C25H18ClN3O6. The minimum Gasteiger partial charge on any atom is -0.423 e. The lowest BCUT2D eigenvalue weighted by atomic mass is 10.1. The molecule has 0 atom stereocenters. The molecule has 35 heavy (non-hydrogen) atoms. The number of hydrogen-bond acceptors (Lipinski definition) is 7. The summed E-state index contributed by atoms with van der Waals surface area (Å²) in [6.07, 6.45) is 0. The third-order valence-electron chi connectivity index (χ3n) is 5.28. The predicted octanol–water partition coefficient (Wildman–Crippen LogP) is 4.87. The molecule has 10 heteroatoms. The van der Waals surface area contributed by atoms with Crippen LogP contribution < -0.4 is 15.0 Å². The number of carbonyl (C=O) groups is 3. The second kappa shape index (κ2) is 9.40. The largest absolute Gasteiger partial charge is 0.423 e. The van der Waals surface area contributed by atoms with E-state index in [1.807, 2.05) is 19.1 Å². The smallest absolute Gasteiger partial charge is 0.343 e. The zero-order valence-corrected chi connectivity index (χ0v) is 19.3. The Morgan fingerprint density at radius 3 is 2.26 bits per heavy atom. The van der Waals surface area contributed by atoms with E-state index in [0.29, 0.717) is 11.4 Å². The molecule has 0 spiro atoms. The zero-order valence-electron chi connectivity index (χ0n) is 18.6. The molecule has 4 rings (SSSR count). The van der Waals surface area contributed by atoms with Gasteiger partial charge in [-0.15, -0.1) is 0 Å². The molecular weight excluding hydrogens is 474 g/mol. The van der Waals surface area contributed by atoms with E-state index in [0.717, 1.165) is 16.0 Å². The molecule has 0 aliphatic carbocycles. The number of esters is 1. The van der Waals surface area contributed by atoms with Gasteiger partial charge in [-0.05, 0) is 67.4 Å². The molecule has 0 aromatic heterocycles. The first-order chi connectivity index (χ1) is 16.7. The maximum Gasteiger partial charge on any atom is 0.343 e. The van der Waals surface area contributed by atoms with Crippen LogP contribution in [-0.2, 0) is 9.59 Å². The number of nitro groups is 1. The number of hydrogen-bond donors (Lipinski definition) is 1. The summed E-state index contributed by atoms with van der Waals surface area (Å²) in [5, 5.41) is 13.3. The second-order valence-electron chi connectivity index (χ2n) is 7.77. The van der Waals surface area contributed by atoms with Crippen LogP contribution in [0, 0.1) is 24.0 Å². The third-order valence-corrected chi connectivity index (χ3v) is 5.63. The number of halogens is 1. The first-order valence-electron chi connectivity index (χ1n) is 10.3. The van der Waals surface area contributed by atoms with Crippen molar-refractivity contribution in [3.8, 4) is 5.75 Å². The van der Waals surface area contributed by atoms with Crippen molar-refractivity contribution in [1.29, 1.82) is 0 Å². The lowest BCUT2D eigenvalue weighted by Gasteiger charge is -2.18. The van der Waals surface area contributed by atoms with Crippen molar-refractivity contribution in [3.63, 3.8) is 0 Å². The summed E-state index contributed by atoms with van der Waals surface area (Å²) >= 11 is 6.20. The highest BCUT2D eigenvalue weighted by Crippen LogP contribution is 2.32. The van der Waals surface area contributed by atoms with Gasteiger partial charge in [0.15, 0.2) is 0 Å². The van der Waals surface area contributed by atoms with Gasteiger partial charge in [0, 0.05) is 17.8 Å². The second-order valence-corrected chi connectivity index (χ2v) is 8.15. The highest BCUT2D eigenvalue weighted by Gasteiger charge is 2.39. The fraction of sp³-hybridized carbons (Fsp3) is 0.0800. The number of nitro benzene ring substituents is 1. The highest BCUT2D eigenvalue weighted by molar-refractivity contribution is 6.53. The van der Waals surface area contributed by atoms with Crippen LogP contribution in [0.1, 0.15) is 21.5 Å². The maximum atomic E-state index is 13.0. The molecule has 0 saturated heterocycles. The number of ether oxygens (including phenoxy) is 1. The van der Waals surface area contributed by atoms with Gasteiger partial charge in [0.25, 0.3) is 17.5 Å². The Kier molecular flexibility index (Phi) is 6.35. The van der Waals surface area contributed by atoms with E-state index < -0.39 is 22.7 Å². The summed E-state index contributed by atoms with van der Waals surface area (Å²) in [5.74, 6) is -1.73. The number of imide groups is 1. The van der Waals surface area contributed by atoms with E-state index >= 15 is 0 Å². The Balaban J connectivity index is 1.47. The van der Waals surface area contributed by atoms with Gasteiger partial charge in [-0.1, -0.05) is 23.7 Å². The van der Waals surface area contributed by atoms with E-state index in [1.54, 1.807) is 13.0 Å². The molecule has 0 unspecified atom stereocenters. The normalized spacial score (nSPS) is 13.3. The van der Waals surface area contributed by atoms with Crippen LogP contribution in [-0.4, -0.2) is 22.7 Å². The van der Waals surface area contributed by atoms with Gasteiger partial charge >= 0.3 is 5.97 Å². The topological polar surface area (TPSA) is 119 Å². The van der Waals surface area contributed by atoms with E-state index in [9.17, 15) is 24.5 Å². The Bertz CT molecular complexity index is 1400. The van der Waals surface area contributed by atoms with Crippen molar-refractivity contribution in [3.05, 3.63) is 104 Å². The number of carbonyl (C=O) groups excluding carboxylic acids is 3. The molecule has 0 fully saturated rings. The third kappa shape index (κ3) is 4.75. The first-order valence-corrected chi connectivity index (χ1v) is 10.7. The molecule has 1 aliphatic heterocycles.